The first-order valence-corrected chi connectivity index (χ1v) is 3.86. The van der Waals surface area contributed by atoms with E-state index in [0.717, 1.165) is 0 Å². The fourth-order valence-electron chi connectivity index (χ4n) is 0.913. The van der Waals surface area contributed by atoms with Crippen molar-refractivity contribution in [3.05, 3.63) is 23.7 Å². The van der Waals surface area contributed by atoms with Gasteiger partial charge in [0.25, 0.3) is 0 Å². The van der Waals surface area contributed by atoms with Crippen LogP contribution in [-0.4, -0.2) is 6.18 Å². The average Bonchev–Trinajstić information content (AvgIpc) is 2.48. The van der Waals surface area contributed by atoms with Crippen LogP contribution in [0.15, 0.2) is 16.5 Å². The smallest absolute Gasteiger partial charge is 0.410 e. The zero-order valence-corrected chi connectivity index (χ0v) is 8.28. The topological polar surface area (TPSA) is 39.2 Å². The Morgan fingerprint density at radius 2 is 2.00 bits per heavy atom. The molecular weight excluding hydrogens is 219 g/mol. The summed E-state index contributed by atoms with van der Waals surface area (Å²) in [4.78, 5) is 0. The summed E-state index contributed by atoms with van der Waals surface area (Å²) in [5.41, 5.74) is 4.92. The minimum atomic E-state index is -4.44. The molecule has 0 saturated carbocycles. The molecule has 1 aromatic rings. The normalized spacial score (nSPS) is 13.5. The average molecular weight is 230 g/mol. The van der Waals surface area contributed by atoms with Gasteiger partial charge in [-0.3, -0.25) is 0 Å². The van der Waals surface area contributed by atoms with Gasteiger partial charge in [0.05, 0.1) is 0 Å². The highest BCUT2D eigenvalue weighted by Gasteiger charge is 2.39. The molecule has 0 unspecified atom stereocenters. The summed E-state index contributed by atoms with van der Waals surface area (Å²) < 4.78 is 41.1. The second-order valence-corrected chi connectivity index (χ2v) is 2.68. The predicted octanol–water partition coefficient (Wildman–Crippen LogP) is 2.83. The summed E-state index contributed by atoms with van der Waals surface area (Å²) in [5.74, 6) is 0.277. The maximum atomic E-state index is 12.1. The van der Waals surface area contributed by atoms with Crippen molar-refractivity contribution < 1.29 is 17.6 Å². The largest absolute Gasteiger partial charge is 0.464 e. The molecule has 0 aliphatic rings. The van der Waals surface area contributed by atoms with Crippen molar-refractivity contribution in [2.45, 2.75) is 25.6 Å². The molecule has 0 amide bonds. The summed E-state index contributed by atoms with van der Waals surface area (Å²) in [6, 6.07) is 0.741. The van der Waals surface area contributed by atoms with Gasteiger partial charge in [0.15, 0.2) is 6.04 Å². The van der Waals surface area contributed by atoms with Crippen LogP contribution in [0.2, 0.25) is 0 Å². The highest BCUT2D eigenvalue weighted by molar-refractivity contribution is 5.85. The predicted molar refractivity (Wildman–Crippen MR) is 48.3 cm³/mol. The Hall–Kier alpha value is -0.680. The molecular formula is C8H11ClF3NO. The Morgan fingerprint density at radius 1 is 1.43 bits per heavy atom. The second kappa shape index (κ2) is 4.70. The molecule has 0 bridgehead atoms. The SMILES string of the molecule is CCc1ccc([C@@H](N)C(F)(F)F)o1.Cl. The standard InChI is InChI=1S/C8H10F3NO.ClH/c1-2-5-3-4-6(13-5)7(12)8(9,10)11;/h3-4,7H,2,12H2,1H3;1H/t7-;/m1./s1. The number of alkyl halides is 3. The molecule has 0 spiro atoms. The molecule has 6 heteroatoms. The van der Waals surface area contributed by atoms with E-state index in [1.807, 2.05) is 0 Å². The lowest BCUT2D eigenvalue weighted by atomic mass is 10.2. The van der Waals surface area contributed by atoms with Gasteiger partial charge in [0.1, 0.15) is 11.5 Å². The Morgan fingerprint density at radius 3 is 2.36 bits per heavy atom. The highest BCUT2D eigenvalue weighted by atomic mass is 35.5. The van der Waals surface area contributed by atoms with Crippen LogP contribution in [0, 0.1) is 0 Å². The van der Waals surface area contributed by atoms with Crippen LogP contribution >= 0.6 is 12.4 Å². The number of rotatable bonds is 2. The van der Waals surface area contributed by atoms with E-state index in [4.69, 9.17) is 10.2 Å². The van der Waals surface area contributed by atoms with Crippen LogP contribution in [0.1, 0.15) is 24.5 Å². The molecule has 0 radical (unpaired) electrons. The Balaban J connectivity index is 0.00000169. The first kappa shape index (κ1) is 13.3. The van der Waals surface area contributed by atoms with E-state index in [9.17, 15) is 13.2 Å². The first-order chi connectivity index (χ1) is 5.95. The number of nitrogens with two attached hydrogens (primary N) is 1. The minimum absolute atomic E-state index is 0. The van der Waals surface area contributed by atoms with Crippen LogP contribution in [0.3, 0.4) is 0 Å². The number of hydrogen-bond acceptors (Lipinski definition) is 2. The van der Waals surface area contributed by atoms with Gasteiger partial charge in [0, 0.05) is 6.42 Å². The van der Waals surface area contributed by atoms with Gasteiger partial charge in [-0.2, -0.15) is 13.2 Å². The van der Waals surface area contributed by atoms with E-state index in [0.29, 0.717) is 12.2 Å². The van der Waals surface area contributed by atoms with Gasteiger partial charge >= 0.3 is 6.18 Å². The molecule has 1 rings (SSSR count). The maximum Gasteiger partial charge on any atom is 0.410 e. The molecule has 0 aliphatic carbocycles. The van der Waals surface area contributed by atoms with Crippen LogP contribution in [0.4, 0.5) is 13.2 Å². The molecule has 0 aliphatic heterocycles. The zero-order chi connectivity index (χ0) is 10.1. The molecule has 2 nitrogen and oxygen atoms in total. The fourth-order valence-corrected chi connectivity index (χ4v) is 0.913. The van der Waals surface area contributed by atoms with Crippen LogP contribution in [0.5, 0.6) is 0 Å². The number of halogens is 4. The van der Waals surface area contributed by atoms with Crippen molar-refractivity contribution in [3.63, 3.8) is 0 Å². The third-order valence-corrected chi connectivity index (χ3v) is 1.69. The van der Waals surface area contributed by atoms with E-state index < -0.39 is 12.2 Å². The van der Waals surface area contributed by atoms with Gasteiger partial charge in [-0.1, -0.05) is 6.92 Å². The molecule has 0 fully saturated rings. The number of hydrogen-bond donors (Lipinski definition) is 1. The molecule has 2 N–H and O–H groups in total. The summed E-state index contributed by atoms with van der Waals surface area (Å²) >= 11 is 0. The number of aryl methyl sites for hydroxylation is 1. The van der Waals surface area contributed by atoms with Gasteiger partial charge in [-0.15, -0.1) is 12.4 Å². The lowest BCUT2D eigenvalue weighted by Crippen LogP contribution is -2.27. The van der Waals surface area contributed by atoms with Gasteiger partial charge in [-0.25, -0.2) is 0 Å². The van der Waals surface area contributed by atoms with Crippen LogP contribution in [-0.2, 0) is 6.42 Å². The second-order valence-electron chi connectivity index (χ2n) is 2.68. The monoisotopic (exact) mass is 229 g/mol. The quantitative estimate of drug-likeness (QED) is 0.847. The lowest BCUT2D eigenvalue weighted by Gasteiger charge is -2.12. The summed E-state index contributed by atoms with van der Waals surface area (Å²) in [7, 11) is 0. The van der Waals surface area contributed by atoms with E-state index in [1.54, 1.807) is 6.92 Å². The van der Waals surface area contributed by atoms with Crippen molar-refractivity contribution in [2.24, 2.45) is 5.73 Å². The zero-order valence-electron chi connectivity index (χ0n) is 7.47. The van der Waals surface area contributed by atoms with E-state index in [-0.39, 0.29) is 18.2 Å². The Bertz CT molecular complexity index is 284. The summed E-state index contributed by atoms with van der Waals surface area (Å²) in [6.45, 7) is 1.79. The lowest BCUT2D eigenvalue weighted by molar-refractivity contribution is -0.152. The number of furan rings is 1. The summed E-state index contributed by atoms with van der Waals surface area (Å²) in [5, 5.41) is 0. The summed E-state index contributed by atoms with van der Waals surface area (Å²) in [6.07, 6.45) is -3.88. The van der Waals surface area contributed by atoms with Gasteiger partial charge in [0.2, 0.25) is 0 Å². The van der Waals surface area contributed by atoms with Gasteiger partial charge < -0.3 is 10.2 Å². The molecule has 14 heavy (non-hydrogen) atoms. The third kappa shape index (κ3) is 2.92. The molecule has 0 saturated heterocycles. The maximum absolute atomic E-state index is 12.1. The molecule has 82 valence electrons. The van der Waals surface area contributed by atoms with E-state index in [2.05, 4.69) is 0 Å². The van der Waals surface area contributed by atoms with Crippen molar-refractivity contribution in [1.29, 1.82) is 0 Å². The minimum Gasteiger partial charge on any atom is -0.464 e. The van der Waals surface area contributed by atoms with Crippen molar-refractivity contribution in [2.75, 3.05) is 0 Å². The molecule has 1 aromatic heterocycles. The Kier molecular flexibility index (Phi) is 4.48. The van der Waals surface area contributed by atoms with Crippen molar-refractivity contribution >= 4 is 12.4 Å². The van der Waals surface area contributed by atoms with Crippen molar-refractivity contribution in [1.82, 2.24) is 0 Å². The van der Waals surface area contributed by atoms with E-state index >= 15 is 0 Å². The highest BCUT2D eigenvalue weighted by Crippen LogP contribution is 2.31. The van der Waals surface area contributed by atoms with Gasteiger partial charge in [-0.05, 0) is 12.1 Å². The van der Waals surface area contributed by atoms with Crippen LogP contribution < -0.4 is 5.73 Å². The molecule has 0 aromatic carbocycles. The van der Waals surface area contributed by atoms with Crippen molar-refractivity contribution in [3.8, 4) is 0 Å². The Labute approximate surface area is 85.7 Å². The van der Waals surface area contributed by atoms with Crippen LogP contribution in [0.25, 0.3) is 0 Å². The molecule has 1 heterocycles. The molecule has 1 atom stereocenters. The first-order valence-electron chi connectivity index (χ1n) is 3.86. The third-order valence-electron chi connectivity index (χ3n) is 1.69. The van der Waals surface area contributed by atoms with E-state index in [1.165, 1.54) is 12.1 Å². The fraction of sp³-hybridized carbons (Fsp3) is 0.500.